The molecule has 0 atom stereocenters. The zero-order valence-corrected chi connectivity index (χ0v) is 12.8. The second-order valence-corrected chi connectivity index (χ2v) is 5.50. The molecule has 0 fully saturated rings. The summed E-state index contributed by atoms with van der Waals surface area (Å²) in [7, 11) is 0. The Balaban J connectivity index is 2.64. The number of carbonyl (C=O) groups is 1. The topological polar surface area (TPSA) is 40.5 Å². The minimum absolute atomic E-state index is 0.130. The van der Waals surface area contributed by atoms with E-state index in [1.807, 2.05) is 0 Å². The summed E-state index contributed by atoms with van der Waals surface area (Å²) in [6.45, 7) is 0. The molecule has 0 heterocycles. The summed E-state index contributed by atoms with van der Waals surface area (Å²) in [6.07, 6.45) is -1.24. The third-order valence-electron chi connectivity index (χ3n) is 2.46. The van der Waals surface area contributed by atoms with E-state index in [-0.39, 0.29) is 15.7 Å². The largest absolute Gasteiger partial charge is 0.464 e. The Labute approximate surface area is 135 Å². The molecule has 1 N–H and O–H groups in total. The van der Waals surface area contributed by atoms with Crippen molar-refractivity contribution >= 4 is 63.9 Å². The minimum atomic E-state index is -1.24. The SMILES string of the molecule is O=C(O)N(c1cccc(Cl)c1)c1c(Cl)cc(Cl)cc1Cl. The quantitative estimate of drug-likeness (QED) is 0.709. The first-order valence-electron chi connectivity index (χ1n) is 5.33. The smallest absolute Gasteiger partial charge is 0.416 e. The van der Waals surface area contributed by atoms with Gasteiger partial charge in [-0.1, -0.05) is 52.5 Å². The third kappa shape index (κ3) is 3.13. The Kier molecular flexibility index (Phi) is 4.66. The van der Waals surface area contributed by atoms with E-state index in [1.54, 1.807) is 18.2 Å². The zero-order valence-electron chi connectivity index (χ0n) is 9.78. The summed E-state index contributed by atoms with van der Waals surface area (Å²) < 4.78 is 0. The van der Waals surface area contributed by atoms with Gasteiger partial charge in [0.1, 0.15) is 0 Å². The monoisotopic (exact) mass is 349 g/mol. The van der Waals surface area contributed by atoms with Gasteiger partial charge >= 0.3 is 6.09 Å². The number of hydrogen-bond acceptors (Lipinski definition) is 1. The number of carboxylic acid groups (broad SMARTS) is 1. The van der Waals surface area contributed by atoms with E-state index in [2.05, 4.69) is 0 Å². The van der Waals surface area contributed by atoms with E-state index in [1.165, 1.54) is 18.2 Å². The highest BCUT2D eigenvalue weighted by Gasteiger charge is 2.23. The van der Waals surface area contributed by atoms with E-state index in [9.17, 15) is 9.90 Å². The average Bonchev–Trinajstić information content (AvgIpc) is 2.32. The van der Waals surface area contributed by atoms with Gasteiger partial charge in [0.25, 0.3) is 0 Å². The fourth-order valence-electron chi connectivity index (χ4n) is 1.70. The maximum absolute atomic E-state index is 11.5. The highest BCUT2D eigenvalue weighted by molar-refractivity contribution is 6.42. The Morgan fingerprint density at radius 3 is 2.05 bits per heavy atom. The van der Waals surface area contributed by atoms with Gasteiger partial charge in [-0.05, 0) is 30.3 Å². The highest BCUT2D eigenvalue weighted by Crippen LogP contribution is 2.40. The molecular weight excluding hydrogens is 344 g/mol. The molecule has 0 aliphatic heterocycles. The van der Waals surface area contributed by atoms with E-state index >= 15 is 0 Å². The molecule has 0 bridgehead atoms. The Hall–Kier alpha value is -1.13. The second-order valence-electron chi connectivity index (χ2n) is 3.82. The molecular formula is C13H7Cl4NO2. The molecule has 20 heavy (non-hydrogen) atoms. The molecule has 2 aromatic carbocycles. The molecule has 2 rings (SSSR count). The molecule has 0 unspecified atom stereocenters. The van der Waals surface area contributed by atoms with Crippen LogP contribution in [0, 0.1) is 0 Å². The minimum Gasteiger partial charge on any atom is -0.464 e. The van der Waals surface area contributed by atoms with Crippen molar-refractivity contribution in [2.75, 3.05) is 4.90 Å². The van der Waals surface area contributed by atoms with Gasteiger partial charge in [0.15, 0.2) is 0 Å². The molecule has 104 valence electrons. The molecule has 0 aliphatic carbocycles. The second kappa shape index (κ2) is 6.10. The molecule has 0 saturated carbocycles. The van der Waals surface area contributed by atoms with Crippen LogP contribution in [0.2, 0.25) is 20.1 Å². The lowest BCUT2D eigenvalue weighted by Gasteiger charge is -2.22. The standard InChI is InChI=1S/C13H7Cl4NO2/c14-7-2-1-3-9(4-7)18(13(19)20)12-10(16)5-8(15)6-11(12)17/h1-6H,(H,19,20). The van der Waals surface area contributed by atoms with Crippen molar-refractivity contribution in [3.63, 3.8) is 0 Å². The van der Waals surface area contributed by atoms with Crippen LogP contribution in [0.1, 0.15) is 0 Å². The summed E-state index contributed by atoms with van der Waals surface area (Å²) >= 11 is 23.8. The van der Waals surface area contributed by atoms with Gasteiger partial charge in [-0.2, -0.15) is 0 Å². The predicted molar refractivity (Wildman–Crippen MR) is 83.1 cm³/mol. The number of anilines is 2. The van der Waals surface area contributed by atoms with Gasteiger partial charge in [-0.25, -0.2) is 9.69 Å². The lowest BCUT2D eigenvalue weighted by molar-refractivity contribution is 0.205. The van der Waals surface area contributed by atoms with Crippen LogP contribution in [0.15, 0.2) is 36.4 Å². The van der Waals surface area contributed by atoms with E-state index in [4.69, 9.17) is 46.4 Å². The van der Waals surface area contributed by atoms with Crippen LogP contribution in [0.3, 0.4) is 0 Å². The van der Waals surface area contributed by atoms with Crippen molar-refractivity contribution in [3.05, 3.63) is 56.5 Å². The third-order valence-corrected chi connectivity index (χ3v) is 3.49. The lowest BCUT2D eigenvalue weighted by Crippen LogP contribution is -2.24. The average molecular weight is 351 g/mol. The number of halogens is 4. The number of rotatable bonds is 2. The predicted octanol–water partition coefficient (Wildman–Crippen LogP) is 6.12. The van der Waals surface area contributed by atoms with Crippen LogP contribution in [-0.2, 0) is 0 Å². The van der Waals surface area contributed by atoms with Crippen molar-refractivity contribution < 1.29 is 9.90 Å². The molecule has 0 aliphatic rings. The number of hydrogen-bond donors (Lipinski definition) is 1. The van der Waals surface area contributed by atoms with Gasteiger partial charge in [-0.3, -0.25) is 0 Å². The van der Waals surface area contributed by atoms with Crippen LogP contribution in [0.5, 0.6) is 0 Å². The van der Waals surface area contributed by atoms with Gasteiger partial charge in [0, 0.05) is 10.0 Å². The van der Waals surface area contributed by atoms with Crippen molar-refractivity contribution in [1.29, 1.82) is 0 Å². The highest BCUT2D eigenvalue weighted by atomic mass is 35.5. The molecule has 3 nitrogen and oxygen atoms in total. The van der Waals surface area contributed by atoms with Gasteiger partial charge < -0.3 is 5.11 Å². The van der Waals surface area contributed by atoms with E-state index in [0.29, 0.717) is 15.7 Å². The van der Waals surface area contributed by atoms with Crippen molar-refractivity contribution in [1.82, 2.24) is 0 Å². The molecule has 0 aromatic heterocycles. The maximum Gasteiger partial charge on any atom is 0.416 e. The van der Waals surface area contributed by atoms with Crippen LogP contribution in [-0.4, -0.2) is 11.2 Å². The number of amides is 1. The summed E-state index contributed by atoms with van der Waals surface area (Å²) in [5, 5.41) is 10.4. The van der Waals surface area contributed by atoms with E-state index < -0.39 is 6.09 Å². The summed E-state index contributed by atoms with van der Waals surface area (Å²) in [5.41, 5.74) is 0.462. The van der Waals surface area contributed by atoms with Crippen molar-refractivity contribution in [3.8, 4) is 0 Å². The van der Waals surface area contributed by atoms with Gasteiger partial charge in [-0.15, -0.1) is 0 Å². The lowest BCUT2D eigenvalue weighted by atomic mass is 10.2. The maximum atomic E-state index is 11.5. The summed E-state index contributed by atoms with van der Waals surface area (Å²) in [4.78, 5) is 12.5. The number of nitrogens with zero attached hydrogens (tertiary/aromatic N) is 1. The molecule has 2 aromatic rings. The van der Waals surface area contributed by atoms with Crippen LogP contribution >= 0.6 is 46.4 Å². The summed E-state index contributed by atoms with van der Waals surface area (Å²) in [5.74, 6) is 0. The summed E-state index contributed by atoms with van der Waals surface area (Å²) in [6, 6.07) is 9.19. The fourth-order valence-corrected chi connectivity index (χ4v) is 2.87. The first-order chi connectivity index (χ1) is 9.40. The van der Waals surface area contributed by atoms with Crippen LogP contribution < -0.4 is 4.90 Å². The van der Waals surface area contributed by atoms with Crippen molar-refractivity contribution in [2.45, 2.75) is 0 Å². The molecule has 1 amide bonds. The van der Waals surface area contributed by atoms with Crippen molar-refractivity contribution in [2.24, 2.45) is 0 Å². The molecule has 0 saturated heterocycles. The molecule has 7 heteroatoms. The molecule has 0 radical (unpaired) electrons. The number of benzene rings is 2. The zero-order chi connectivity index (χ0) is 14.9. The first kappa shape index (κ1) is 15.3. The molecule has 0 spiro atoms. The Morgan fingerprint density at radius 2 is 1.55 bits per heavy atom. The normalized spacial score (nSPS) is 10.4. The Bertz CT molecular complexity index is 652. The van der Waals surface area contributed by atoms with E-state index in [0.717, 1.165) is 4.90 Å². The van der Waals surface area contributed by atoms with Gasteiger partial charge in [0.05, 0.1) is 21.4 Å². The van der Waals surface area contributed by atoms with Crippen LogP contribution in [0.25, 0.3) is 0 Å². The van der Waals surface area contributed by atoms with Crippen LogP contribution in [0.4, 0.5) is 16.2 Å². The van der Waals surface area contributed by atoms with Gasteiger partial charge in [0.2, 0.25) is 0 Å². The first-order valence-corrected chi connectivity index (χ1v) is 6.84. The Morgan fingerprint density at radius 1 is 0.950 bits per heavy atom. The fraction of sp³-hybridized carbons (Fsp3) is 0.